The molecular weight excluding hydrogens is 281 g/mol. The highest BCUT2D eigenvalue weighted by Gasteiger charge is 2.15. The van der Waals surface area contributed by atoms with Crippen LogP contribution in [0.25, 0.3) is 0 Å². The molecule has 19 heavy (non-hydrogen) atoms. The Hall–Kier alpha value is -0.280. The summed E-state index contributed by atoms with van der Waals surface area (Å²) in [5, 5.41) is 11.5. The van der Waals surface area contributed by atoms with Crippen LogP contribution in [-0.4, -0.2) is 29.6 Å². The summed E-state index contributed by atoms with van der Waals surface area (Å²) in [6.45, 7) is 3.22. The van der Waals surface area contributed by atoms with Gasteiger partial charge in [-0.25, -0.2) is 0 Å². The molecule has 0 spiro atoms. The van der Waals surface area contributed by atoms with Crippen LogP contribution in [0.4, 0.5) is 0 Å². The van der Waals surface area contributed by atoms with Gasteiger partial charge in [0.2, 0.25) is 0 Å². The number of halogens is 2. The Morgan fingerprint density at radius 3 is 2.47 bits per heavy atom. The highest BCUT2D eigenvalue weighted by atomic mass is 35.5. The number of likely N-dealkylation sites (tertiary alicyclic amines) is 1. The number of nitrogens with zero attached hydrogens (tertiary/aromatic N) is 1. The van der Waals surface area contributed by atoms with Crippen molar-refractivity contribution in [3.63, 3.8) is 0 Å². The number of hydrogen-bond acceptors (Lipinski definition) is 2. The maximum Gasteiger partial charge on any atom is 0.0817 e. The highest BCUT2D eigenvalue weighted by molar-refractivity contribution is 6.33. The fraction of sp³-hybridized carbons (Fsp3) is 0.600. The largest absolute Gasteiger partial charge is 0.388 e. The Morgan fingerprint density at radius 1 is 1.11 bits per heavy atom. The Morgan fingerprint density at radius 2 is 1.79 bits per heavy atom. The first-order valence-electron chi connectivity index (χ1n) is 7.02. The Balaban J connectivity index is 1.89. The molecule has 1 saturated heterocycles. The minimum Gasteiger partial charge on any atom is -0.388 e. The van der Waals surface area contributed by atoms with Gasteiger partial charge in [0.15, 0.2) is 0 Å². The lowest BCUT2D eigenvalue weighted by molar-refractivity contribution is 0.143. The second kappa shape index (κ2) is 7.49. The second-order valence-corrected chi connectivity index (χ2v) is 6.07. The molecule has 0 bridgehead atoms. The van der Waals surface area contributed by atoms with Gasteiger partial charge in [-0.3, -0.25) is 0 Å². The Labute approximate surface area is 125 Å². The quantitative estimate of drug-likeness (QED) is 0.896. The number of benzene rings is 1. The van der Waals surface area contributed by atoms with Crippen molar-refractivity contribution in [3.05, 3.63) is 33.8 Å². The first-order chi connectivity index (χ1) is 9.16. The van der Waals surface area contributed by atoms with Crippen LogP contribution in [0.15, 0.2) is 18.2 Å². The lowest BCUT2D eigenvalue weighted by atomic mass is 10.1. The number of aliphatic hydroxyl groups is 1. The van der Waals surface area contributed by atoms with E-state index in [1.807, 2.05) is 0 Å². The predicted molar refractivity (Wildman–Crippen MR) is 80.9 cm³/mol. The van der Waals surface area contributed by atoms with Gasteiger partial charge in [0, 0.05) is 22.2 Å². The molecule has 1 N–H and O–H groups in total. The highest BCUT2D eigenvalue weighted by Crippen LogP contribution is 2.28. The molecule has 4 heteroatoms. The first kappa shape index (κ1) is 15.1. The molecule has 1 fully saturated rings. The van der Waals surface area contributed by atoms with Crippen LogP contribution < -0.4 is 0 Å². The maximum absolute atomic E-state index is 10.3. The third-order valence-electron chi connectivity index (χ3n) is 3.73. The molecule has 0 saturated carbocycles. The van der Waals surface area contributed by atoms with Crippen LogP contribution in [0, 0.1) is 0 Å². The van der Waals surface area contributed by atoms with E-state index in [2.05, 4.69) is 4.90 Å². The summed E-state index contributed by atoms with van der Waals surface area (Å²) in [5.41, 5.74) is 0.740. The lowest BCUT2D eigenvalue weighted by Crippen LogP contribution is -2.26. The van der Waals surface area contributed by atoms with E-state index >= 15 is 0 Å². The van der Waals surface area contributed by atoms with Gasteiger partial charge < -0.3 is 10.0 Å². The summed E-state index contributed by atoms with van der Waals surface area (Å²) in [6, 6.07) is 5.25. The van der Waals surface area contributed by atoms with E-state index in [-0.39, 0.29) is 0 Å². The van der Waals surface area contributed by atoms with E-state index in [1.54, 1.807) is 18.2 Å². The zero-order chi connectivity index (χ0) is 13.7. The van der Waals surface area contributed by atoms with Gasteiger partial charge in [-0.15, -0.1) is 0 Å². The van der Waals surface area contributed by atoms with E-state index in [9.17, 15) is 5.11 Å². The third kappa shape index (κ3) is 4.64. The van der Waals surface area contributed by atoms with Crippen LogP contribution in [-0.2, 0) is 0 Å². The normalized spacial score (nSPS) is 19.1. The van der Waals surface area contributed by atoms with Crippen molar-refractivity contribution >= 4 is 23.2 Å². The number of aliphatic hydroxyl groups excluding tert-OH is 1. The van der Waals surface area contributed by atoms with Crippen LogP contribution in [0.1, 0.15) is 43.8 Å². The fourth-order valence-corrected chi connectivity index (χ4v) is 3.01. The number of hydrogen-bond donors (Lipinski definition) is 1. The molecule has 1 heterocycles. The van der Waals surface area contributed by atoms with Gasteiger partial charge in [-0.05, 0) is 50.6 Å². The molecule has 1 aromatic carbocycles. The minimum absolute atomic E-state index is 0.533. The molecule has 2 nitrogen and oxygen atoms in total. The molecule has 1 aliphatic heterocycles. The summed E-state index contributed by atoms with van der Waals surface area (Å²) in [5.74, 6) is 0. The SMILES string of the molecule is OC(CCN1CCCCCC1)c1cc(Cl)ccc1Cl. The molecule has 1 aliphatic rings. The van der Waals surface area contributed by atoms with Gasteiger partial charge in [0.05, 0.1) is 6.10 Å². The second-order valence-electron chi connectivity index (χ2n) is 5.23. The molecular formula is C15H21Cl2NO. The molecule has 0 amide bonds. The van der Waals surface area contributed by atoms with Gasteiger partial charge in [-0.2, -0.15) is 0 Å². The molecule has 1 unspecified atom stereocenters. The van der Waals surface area contributed by atoms with Crippen LogP contribution >= 0.6 is 23.2 Å². The molecule has 1 atom stereocenters. The Kier molecular flexibility index (Phi) is 5.96. The average molecular weight is 302 g/mol. The van der Waals surface area contributed by atoms with Gasteiger partial charge in [0.25, 0.3) is 0 Å². The number of rotatable bonds is 4. The van der Waals surface area contributed by atoms with Crippen molar-refractivity contribution in [2.45, 2.75) is 38.2 Å². The van der Waals surface area contributed by atoms with Crippen molar-refractivity contribution in [1.29, 1.82) is 0 Å². The fourth-order valence-electron chi connectivity index (χ4n) is 2.59. The summed E-state index contributed by atoms with van der Waals surface area (Å²) in [6.07, 6.45) is 5.38. The summed E-state index contributed by atoms with van der Waals surface area (Å²) in [7, 11) is 0. The van der Waals surface area contributed by atoms with Gasteiger partial charge in [-0.1, -0.05) is 36.0 Å². The molecule has 0 aliphatic carbocycles. The average Bonchev–Trinajstić information content (AvgIpc) is 2.67. The summed E-state index contributed by atoms with van der Waals surface area (Å²) < 4.78 is 0. The zero-order valence-corrected chi connectivity index (χ0v) is 12.6. The van der Waals surface area contributed by atoms with E-state index < -0.39 is 6.10 Å². The molecule has 0 aromatic heterocycles. The van der Waals surface area contributed by atoms with Crippen LogP contribution in [0.3, 0.4) is 0 Å². The molecule has 1 aromatic rings. The molecule has 106 valence electrons. The molecule has 2 rings (SSSR count). The predicted octanol–water partition coefficient (Wildman–Crippen LogP) is 4.29. The van der Waals surface area contributed by atoms with Crippen LogP contribution in [0.5, 0.6) is 0 Å². The van der Waals surface area contributed by atoms with Crippen molar-refractivity contribution in [2.24, 2.45) is 0 Å². The monoisotopic (exact) mass is 301 g/mol. The van der Waals surface area contributed by atoms with E-state index in [0.717, 1.165) is 25.2 Å². The van der Waals surface area contributed by atoms with Gasteiger partial charge >= 0.3 is 0 Å². The Bertz CT molecular complexity index is 403. The van der Waals surface area contributed by atoms with Crippen LogP contribution in [0.2, 0.25) is 10.0 Å². The van der Waals surface area contributed by atoms with Crippen molar-refractivity contribution < 1.29 is 5.11 Å². The van der Waals surface area contributed by atoms with E-state index in [0.29, 0.717) is 16.5 Å². The molecule has 0 radical (unpaired) electrons. The zero-order valence-electron chi connectivity index (χ0n) is 11.1. The topological polar surface area (TPSA) is 23.5 Å². The third-order valence-corrected chi connectivity index (χ3v) is 4.31. The van der Waals surface area contributed by atoms with E-state index in [4.69, 9.17) is 23.2 Å². The summed E-state index contributed by atoms with van der Waals surface area (Å²) in [4.78, 5) is 2.44. The maximum atomic E-state index is 10.3. The summed E-state index contributed by atoms with van der Waals surface area (Å²) >= 11 is 12.1. The smallest absolute Gasteiger partial charge is 0.0817 e. The van der Waals surface area contributed by atoms with Gasteiger partial charge in [0.1, 0.15) is 0 Å². The first-order valence-corrected chi connectivity index (χ1v) is 7.78. The van der Waals surface area contributed by atoms with Crippen molar-refractivity contribution in [2.75, 3.05) is 19.6 Å². The van der Waals surface area contributed by atoms with Crippen molar-refractivity contribution in [1.82, 2.24) is 4.90 Å². The standard InChI is InChI=1S/C15H21Cl2NO/c16-12-5-6-14(17)13(11-12)15(19)7-10-18-8-3-1-2-4-9-18/h5-6,11,15,19H,1-4,7-10H2. The lowest BCUT2D eigenvalue weighted by Gasteiger charge is -2.22. The minimum atomic E-state index is -0.533. The van der Waals surface area contributed by atoms with E-state index in [1.165, 1.54) is 25.7 Å². The van der Waals surface area contributed by atoms with Crippen molar-refractivity contribution in [3.8, 4) is 0 Å².